The van der Waals surface area contributed by atoms with Crippen molar-refractivity contribution >= 4 is 23.3 Å². The van der Waals surface area contributed by atoms with E-state index in [0.29, 0.717) is 13.0 Å². The van der Waals surface area contributed by atoms with Crippen LogP contribution in [-0.2, 0) is 9.63 Å². The normalized spacial score (nSPS) is 16.2. The molecule has 2 rings (SSSR count). The van der Waals surface area contributed by atoms with E-state index in [4.69, 9.17) is 17.4 Å². The van der Waals surface area contributed by atoms with Crippen molar-refractivity contribution in [3.05, 3.63) is 29.3 Å². The first-order valence-electron chi connectivity index (χ1n) is 6.57. The summed E-state index contributed by atoms with van der Waals surface area (Å²) in [6, 6.07) is 7.86. The van der Waals surface area contributed by atoms with Gasteiger partial charge in [-0.15, -0.1) is 0 Å². The van der Waals surface area contributed by atoms with Crippen molar-refractivity contribution in [1.29, 1.82) is 0 Å². The summed E-state index contributed by atoms with van der Waals surface area (Å²) in [7, 11) is 0. The molecule has 0 spiro atoms. The van der Waals surface area contributed by atoms with Crippen LogP contribution in [0.2, 0.25) is 5.02 Å². The highest BCUT2D eigenvalue weighted by Gasteiger charge is 2.18. The number of carbonyl (C=O) groups is 1. The van der Waals surface area contributed by atoms with E-state index >= 15 is 0 Å². The first-order chi connectivity index (χ1) is 9.69. The minimum atomic E-state index is -0.340. The Labute approximate surface area is 123 Å². The van der Waals surface area contributed by atoms with Gasteiger partial charge in [-0.05, 0) is 24.3 Å². The molecule has 3 N–H and O–H groups in total. The number of hydrogen-bond acceptors (Lipinski definition) is 6. The fourth-order valence-corrected chi connectivity index (χ4v) is 2.37. The first kappa shape index (κ1) is 15.1. The minimum Gasteiger partial charge on any atom is -0.369 e. The predicted octanol–water partition coefficient (Wildman–Crippen LogP) is 0.774. The number of hydrazine groups is 1. The van der Waals surface area contributed by atoms with E-state index in [1.807, 2.05) is 29.9 Å². The molecule has 1 heterocycles. The van der Waals surface area contributed by atoms with Crippen molar-refractivity contribution in [3.63, 3.8) is 0 Å². The maximum Gasteiger partial charge on any atom is 0.327 e. The fourth-order valence-electron chi connectivity index (χ4n) is 2.25. The van der Waals surface area contributed by atoms with Gasteiger partial charge in [-0.1, -0.05) is 17.2 Å². The molecule has 0 saturated carbocycles. The van der Waals surface area contributed by atoms with E-state index in [1.165, 1.54) is 5.69 Å². The summed E-state index contributed by atoms with van der Waals surface area (Å²) in [4.78, 5) is 20.2. The predicted molar refractivity (Wildman–Crippen MR) is 78.1 cm³/mol. The molecule has 0 aromatic heterocycles. The van der Waals surface area contributed by atoms with Gasteiger partial charge in [0.05, 0.1) is 6.42 Å². The molecule has 20 heavy (non-hydrogen) atoms. The van der Waals surface area contributed by atoms with Crippen molar-refractivity contribution in [2.24, 2.45) is 5.84 Å². The third-order valence-electron chi connectivity index (χ3n) is 3.37. The SMILES string of the molecule is NNOC(=O)CCN1CCN(c2ccc(Cl)cc2)CC1. The molecule has 110 valence electrons. The number of hydrogen-bond donors (Lipinski definition) is 2. The average Bonchev–Trinajstić information content (AvgIpc) is 2.47. The largest absolute Gasteiger partial charge is 0.369 e. The molecule has 1 aromatic carbocycles. The lowest BCUT2D eigenvalue weighted by atomic mass is 10.2. The van der Waals surface area contributed by atoms with Crippen LogP contribution in [0.15, 0.2) is 24.3 Å². The van der Waals surface area contributed by atoms with Gasteiger partial charge in [0, 0.05) is 43.4 Å². The van der Waals surface area contributed by atoms with Crippen molar-refractivity contribution in [1.82, 2.24) is 10.5 Å². The smallest absolute Gasteiger partial charge is 0.327 e. The number of nitrogens with zero attached hydrogens (tertiary/aromatic N) is 2. The Balaban J connectivity index is 1.75. The van der Waals surface area contributed by atoms with Gasteiger partial charge < -0.3 is 9.74 Å². The first-order valence-corrected chi connectivity index (χ1v) is 6.95. The molecule has 0 aliphatic carbocycles. The molecule has 1 aromatic rings. The van der Waals surface area contributed by atoms with Gasteiger partial charge in [-0.25, -0.2) is 5.84 Å². The lowest BCUT2D eigenvalue weighted by molar-refractivity contribution is -0.151. The molecule has 1 aliphatic heterocycles. The zero-order valence-corrected chi connectivity index (χ0v) is 12.0. The van der Waals surface area contributed by atoms with Crippen LogP contribution < -0.4 is 16.3 Å². The molecule has 0 bridgehead atoms. The number of nitrogens with one attached hydrogen (secondary N) is 1. The Kier molecular flexibility index (Phi) is 5.60. The van der Waals surface area contributed by atoms with Gasteiger partial charge in [0.1, 0.15) is 0 Å². The summed E-state index contributed by atoms with van der Waals surface area (Å²) in [6.45, 7) is 4.41. The van der Waals surface area contributed by atoms with Crippen LogP contribution in [0.1, 0.15) is 6.42 Å². The summed E-state index contributed by atoms with van der Waals surface area (Å²) in [5.41, 5.74) is 3.08. The van der Waals surface area contributed by atoms with Crippen molar-refractivity contribution in [2.45, 2.75) is 6.42 Å². The molecule has 0 unspecified atom stereocenters. The second-order valence-electron chi connectivity index (χ2n) is 4.65. The van der Waals surface area contributed by atoms with E-state index in [-0.39, 0.29) is 5.97 Å². The van der Waals surface area contributed by atoms with Gasteiger partial charge in [-0.2, -0.15) is 0 Å². The zero-order chi connectivity index (χ0) is 14.4. The summed E-state index contributed by atoms with van der Waals surface area (Å²) >= 11 is 5.89. The van der Waals surface area contributed by atoms with Crippen LogP contribution in [-0.4, -0.2) is 43.6 Å². The number of anilines is 1. The Morgan fingerprint density at radius 1 is 1.25 bits per heavy atom. The molecule has 0 amide bonds. The number of piperazine rings is 1. The van der Waals surface area contributed by atoms with Crippen LogP contribution in [0, 0.1) is 0 Å². The van der Waals surface area contributed by atoms with Crippen LogP contribution >= 0.6 is 11.6 Å². The number of benzene rings is 1. The van der Waals surface area contributed by atoms with Crippen molar-refractivity contribution in [3.8, 4) is 0 Å². The Morgan fingerprint density at radius 2 is 1.90 bits per heavy atom. The summed E-state index contributed by atoms with van der Waals surface area (Å²) in [5.74, 6) is 4.57. The summed E-state index contributed by atoms with van der Waals surface area (Å²) in [6.07, 6.45) is 0.338. The van der Waals surface area contributed by atoms with E-state index in [9.17, 15) is 4.79 Å². The molecular formula is C13H19ClN4O2. The van der Waals surface area contributed by atoms with E-state index in [1.54, 1.807) is 0 Å². The quantitative estimate of drug-likeness (QED) is 0.618. The van der Waals surface area contributed by atoms with Gasteiger partial charge in [-0.3, -0.25) is 9.69 Å². The standard InChI is InChI=1S/C13H19ClN4O2/c14-11-1-3-12(4-2-11)18-9-7-17(8-10-18)6-5-13(19)20-16-15/h1-4,16H,5-10,15H2. The molecule has 1 fully saturated rings. The zero-order valence-electron chi connectivity index (χ0n) is 11.2. The molecule has 1 saturated heterocycles. The highest BCUT2D eigenvalue weighted by molar-refractivity contribution is 6.30. The average molecular weight is 299 g/mol. The molecule has 6 nitrogen and oxygen atoms in total. The number of halogens is 1. The monoisotopic (exact) mass is 298 g/mol. The molecule has 1 aliphatic rings. The number of carbonyl (C=O) groups excluding carboxylic acids is 1. The topological polar surface area (TPSA) is 70.8 Å². The lowest BCUT2D eigenvalue weighted by Crippen LogP contribution is -2.47. The van der Waals surface area contributed by atoms with E-state index in [0.717, 1.165) is 31.2 Å². The lowest BCUT2D eigenvalue weighted by Gasteiger charge is -2.35. The van der Waals surface area contributed by atoms with Crippen LogP contribution in [0.3, 0.4) is 0 Å². The molecule has 0 radical (unpaired) electrons. The second kappa shape index (κ2) is 7.44. The number of rotatable bonds is 5. The highest BCUT2D eigenvalue weighted by Crippen LogP contribution is 2.19. The Hall–Kier alpha value is -1.34. The third-order valence-corrected chi connectivity index (χ3v) is 3.62. The number of nitrogens with two attached hydrogens (primary N) is 1. The third kappa shape index (κ3) is 4.35. The van der Waals surface area contributed by atoms with Gasteiger partial charge in [0.15, 0.2) is 0 Å². The maximum absolute atomic E-state index is 11.2. The van der Waals surface area contributed by atoms with Gasteiger partial charge in [0.2, 0.25) is 0 Å². The highest BCUT2D eigenvalue weighted by atomic mass is 35.5. The van der Waals surface area contributed by atoms with E-state index < -0.39 is 0 Å². The van der Waals surface area contributed by atoms with Crippen LogP contribution in [0.25, 0.3) is 0 Å². The van der Waals surface area contributed by atoms with E-state index in [2.05, 4.69) is 14.6 Å². The second-order valence-corrected chi connectivity index (χ2v) is 5.08. The van der Waals surface area contributed by atoms with Crippen LogP contribution in [0.4, 0.5) is 5.69 Å². The Morgan fingerprint density at radius 3 is 2.50 bits per heavy atom. The summed E-state index contributed by atoms with van der Waals surface area (Å²) < 4.78 is 0. The molecule has 7 heteroatoms. The molecular weight excluding hydrogens is 280 g/mol. The fraction of sp³-hybridized carbons (Fsp3) is 0.462. The van der Waals surface area contributed by atoms with Crippen LogP contribution in [0.5, 0.6) is 0 Å². The maximum atomic E-state index is 11.2. The van der Waals surface area contributed by atoms with Crippen molar-refractivity contribution in [2.75, 3.05) is 37.6 Å². The van der Waals surface area contributed by atoms with Crippen molar-refractivity contribution < 1.29 is 9.63 Å². The minimum absolute atomic E-state index is 0.338. The molecule has 0 atom stereocenters. The van der Waals surface area contributed by atoms with Gasteiger partial charge in [0.25, 0.3) is 0 Å². The van der Waals surface area contributed by atoms with Gasteiger partial charge >= 0.3 is 5.97 Å². The Bertz CT molecular complexity index is 433. The summed E-state index contributed by atoms with van der Waals surface area (Å²) in [5, 5.41) is 0.749.